The van der Waals surface area contributed by atoms with Crippen LogP contribution in [0.4, 0.5) is 11.4 Å². The van der Waals surface area contributed by atoms with Gasteiger partial charge >= 0.3 is 0 Å². The first-order valence-corrected chi connectivity index (χ1v) is 8.05. The molecule has 2 aromatic rings. The Labute approximate surface area is 150 Å². The van der Waals surface area contributed by atoms with Crippen LogP contribution in [0, 0.1) is 6.92 Å². The first-order chi connectivity index (χ1) is 12.0. The zero-order chi connectivity index (χ0) is 18.0. The number of fused-ring (bicyclic) bond motifs is 1. The van der Waals surface area contributed by atoms with Crippen LogP contribution in [0.3, 0.4) is 0 Å². The van der Waals surface area contributed by atoms with E-state index >= 15 is 0 Å². The predicted molar refractivity (Wildman–Crippen MR) is 95.5 cm³/mol. The molecule has 2 N–H and O–H groups in total. The van der Waals surface area contributed by atoms with Gasteiger partial charge in [-0.2, -0.15) is 0 Å². The van der Waals surface area contributed by atoms with Crippen LogP contribution in [-0.2, 0) is 9.59 Å². The van der Waals surface area contributed by atoms with E-state index in [9.17, 15) is 9.59 Å². The van der Waals surface area contributed by atoms with Crippen LogP contribution in [0.5, 0.6) is 11.5 Å². The number of amides is 2. The number of carbonyl (C=O) groups is 2. The molecule has 0 spiro atoms. The van der Waals surface area contributed by atoms with Crippen LogP contribution >= 0.6 is 11.6 Å². The summed E-state index contributed by atoms with van der Waals surface area (Å²) in [5, 5.41) is 5.92. The molecular weight excluding hydrogens is 344 g/mol. The highest BCUT2D eigenvalue weighted by molar-refractivity contribution is 6.31. The molecule has 6 nitrogen and oxygen atoms in total. The third-order valence-electron chi connectivity index (χ3n) is 3.76. The first kappa shape index (κ1) is 17.1. The van der Waals surface area contributed by atoms with Crippen LogP contribution in [0.15, 0.2) is 36.4 Å². The summed E-state index contributed by atoms with van der Waals surface area (Å²) in [6, 6.07) is 10.4. The van der Waals surface area contributed by atoms with E-state index in [1.165, 1.54) is 7.11 Å². The fraction of sp³-hybridized carbons (Fsp3) is 0.222. The number of carbonyl (C=O) groups excluding carboxylic acids is 2. The summed E-state index contributed by atoms with van der Waals surface area (Å²) in [6.45, 7) is 1.92. The van der Waals surface area contributed by atoms with Gasteiger partial charge in [-0.15, -0.1) is 0 Å². The van der Waals surface area contributed by atoms with E-state index in [4.69, 9.17) is 21.1 Å². The van der Waals surface area contributed by atoms with Crippen LogP contribution < -0.4 is 20.1 Å². The highest BCUT2D eigenvalue weighted by atomic mass is 35.5. The van der Waals surface area contributed by atoms with Gasteiger partial charge in [0, 0.05) is 5.02 Å². The smallest absolute Gasteiger partial charge is 0.266 e. The van der Waals surface area contributed by atoms with Gasteiger partial charge in [-0.25, -0.2) is 0 Å². The number of anilines is 2. The van der Waals surface area contributed by atoms with Gasteiger partial charge in [0.1, 0.15) is 11.5 Å². The lowest BCUT2D eigenvalue weighted by Gasteiger charge is -2.25. The van der Waals surface area contributed by atoms with Gasteiger partial charge in [-0.1, -0.05) is 17.7 Å². The van der Waals surface area contributed by atoms with Crippen molar-refractivity contribution in [1.29, 1.82) is 0 Å². The highest BCUT2D eigenvalue weighted by Gasteiger charge is 2.30. The molecule has 1 aliphatic rings. The molecule has 0 bridgehead atoms. The summed E-state index contributed by atoms with van der Waals surface area (Å²) in [7, 11) is 1.50. The monoisotopic (exact) mass is 360 g/mol. The molecule has 1 heterocycles. The van der Waals surface area contributed by atoms with E-state index in [0.29, 0.717) is 27.9 Å². The Morgan fingerprint density at radius 2 is 2.12 bits per heavy atom. The second kappa shape index (κ2) is 7.03. The third kappa shape index (κ3) is 3.85. The molecule has 1 unspecified atom stereocenters. The molecule has 2 aromatic carbocycles. The quantitative estimate of drug-likeness (QED) is 0.876. The molecule has 0 aliphatic carbocycles. The number of benzene rings is 2. The number of hydrogen-bond acceptors (Lipinski definition) is 4. The molecule has 2 amide bonds. The molecule has 3 rings (SSSR count). The minimum absolute atomic E-state index is 0.130. The van der Waals surface area contributed by atoms with Crippen molar-refractivity contribution < 1.29 is 19.1 Å². The topological polar surface area (TPSA) is 76.7 Å². The maximum absolute atomic E-state index is 12.3. The lowest BCUT2D eigenvalue weighted by atomic mass is 10.1. The summed E-state index contributed by atoms with van der Waals surface area (Å²) >= 11 is 5.95. The Kier molecular flexibility index (Phi) is 4.81. The Morgan fingerprint density at radius 3 is 2.88 bits per heavy atom. The van der Waals surface area contributed by atoms with E-state index in [1.54, 1.807) is 24.3 Å². The Morgan fingerprint density at radius 1 is 1.32 bits per heavy atom. The number of hydrogen-bond donors (Lipinski definition) is 2. The van der Waals surface area contributed by atoms with Crippen molar-refractivity contribution in [2.45, 2.75) is 19.4 Å². The third-order valence-corrected chi connectivity index (χ3v) is 4.00. The van der Waals surface area contributed by atoms with Crippen molar-refractivity contribution in [2.24, 2.45) is 0 Å². The lowest BCUT2D eigenvalue weighted by molar-refractivity contribution is -0.128. The van der Waals surface area contributed by atoms with Gasteiger partial charge in [0.05, 0.1) is 24.9 Å². The minimum atomic E-state index is -0.902. The Hall–Kier alpha value is -2.73. The molecule has 0 fully saturated rings. The second-order valence-electron chi connectivity index (χ2n) is 5.69. The van der Waals surface area contributed by atoms with Crippen molar-refractivity contribution in [3.05, 3.63) is 47.0 Å². The number of rotatable bonds is 4. The van der Waals surface area contributed by atoms with Crippen LogP contribution in [0.1, 0.15) is 12.0 Å². The van der Waals surface area contributed by atoms with Gasteiger partial charge in [-0.3, -0.25) is 9.59 Å². The molecule has 1 aliphatic heterocycles. The second-order valence-corrected chi connectivity index (χ2v) is 6.13. The standard InChI is InChI=1S/C18H17ClN2O4/c1-10-3-5-15-12(7-10)21-18(23)16(25-15)9-17(22)20-13-8-11(19)4-6-14(13)24-2/h3-8,16H,9H2,1-2H3,(H,20,22)(H,21,23). The van der Waals surface area contributed by atoms with Gasteiger partial charge in [0.15, 0.2) is 6.10 Å². The van der Waals surface area contributed by atoms with E-state index in [0.717, 1.165) is 5.56 Å². The van der Waals surface area contributed by atoms with Crippen LogP contribution in [0.2, 0.25) is 5.02 Å². The van der Waals surface area contributed by atoms with Crippen LogP contribution in [0.25, 0.3) is 0 Å². The molecule has 0 saturated heterocycles. The number of methoxy groups -OCH3 is 1. The maximum Gasteiger partial charge on any atom is 0.266 e. The molecule has 25 heavy (non-hydrogen) atoms. The summed E-state index contributed by atoms with van der Waals surface area (Å²) < 4.78 is 10.8. The Balaban J connectivity index is 1.70. The van der Waals surface area contributed by atoms with Gasteiger partial charge < -0.3 is 20.1 Å². The molecule has 7 heteroatoms. The van der Waals surface area contributed by atoms with Crippen molar-refractivity contribution in [3.8, 4) is 11.5 Å². The maximum atomic E-state index is 12.3. The lowest BCUT2D eigenvalue weighted by Crippen LogP contribution is -2.39. The molecular formula is C18H17ClN2O4. The van der Waals surface area contributed by atoms with E-state index < -0.39 is 6.10 Å². The predicted octanol–water partition coefficient (Wildman–Crippen LogP) is 3.39. The summed E-state index contributed by atoms with van der Waals surface area (Å²) in [5.41, 5.74) is 2.05. The molecule has 0 aromatic heterocycles. The molecule has 0 radical (unpaired) electrons. The fourth-order valence-corrected chi connectivity index (χ4v) is 2.72. The minimum Gasteiger partial charge on any atom is -0.495 e. The van der Waals surface area contributed by atoms with E-state index in [1.807, 2.05) is 19.1 Å². The van der Waals surface area contributed by atoms with Gasteiger partial charge in [-0.05, 0) is 42.8 Å². The molecule has 0 saturated carbocycles. The number of nitrogens with one attached hydrogen (secondary N) is 2. The average Bonchev–Trinajstić information content (AvgIpc) is 2.56. The number of halogens is 1. The van der Waals surface area contributed by atoms with E-state index in [-0.39, 0.29) is 18.2 Å². The summed E-state index contributed by atoms with van der Waals surface area (Å²) in [6.07, 6.45) is -1.03. The summed E-state index contributed by atoms with van der Waals surface area (Å²) in [4.78, 5) is 24.5. The molecule has 130 valence electrons. The highest BCUT2D eigenvalue weighted by Crippen LogP contribution is 2.32. The van der Waals surface area contributed by atoms with E-state index in [2.05, 4.69) is 10.6 Å². The fourth-order valence-electron chi connectivity index (χ4n) is 2.55. The van der Waals surface area contributed by atoms with Crippen molar-refractivity contribution in [1.82, 2.24) is 0 Å². The number of aryl methyl sites for hydroxylation is 1. The van der Waals surface area contributed by atoms with Gasteiger partial charge in [0.25, 0.3) is 5.91 Å². The largest absolute Gasteiger partial charge is 0.495 e. The van der Waals surface area contributed by atoms with Crippen molar-refractivity contribution in [2.75, 3.05) is 17.7 Å². The Bertz CT molecular complexity index is 838. The van der Waals surface area contributed by atoms with Gasteiger partial charge in [0.2, 0.25) is 5.91 Å². The average molecular weight is 361 g/mol. The van der Waals surface area contributed by atoms with Crippen LogP contribution in [-0.4, -0.2) is 25.0 Å². The van der Waals surface area contributed by atoms with Crippen molar-refractivity contribution in [3.63, 3.8) is 0 Å². The zero-order valence-corrected chi connectivity index (χ0v) is 14.5. The molecule has 1 atom stereocenters. The SMILES string of the molecule is COc1ccc(Cl)cc1NC(=O)CC1Oc2ccc(C)cc2NC1=O. The first-order valence-electron chi connectivity index (χ1n) is 7.68. The normalized spacial score (nSPS) is 15.6. The zero-order valence-electron chi connectivity index (χ0n) is 13.8. The van der Waals surface area contributed by atoms with Crippen molar-refractivity contribution >= 4 is 34.8 Å². The summed E-state index contributed by atoms with van der Waals surface area (Å²) in [5.74, 6) is 0.290. The number of ether oxygens (including phenoxy) is 2.